The molecule has 0 bridgehead atoms. The third kappa shape index (κ3) is 4.37. The molecule has 0 aliphatic carbocycles. The number of hydrogen-bond donors (Lipinski definition) is 0. The molecule has 0 N–H and O–H groups in total. The zero-order valence-corrected chi connectivity index (χ0v) is 15.2. The van der Waals surface area contributed by atoms with Crippen molar-refractivity contribution >= 4 is 11.8 Å². The standard InChI is InChI=1S/C19H25F3N2O2/c1-3-9-23(10-4-2)18(25)13-7-11-24(12-8-13)19(26)14-5-6-15(20)17(22)16(14)21/h5-6,13H,3-4,7-12H2,1-2H3. The van der Waals surface area contributed by atoms with Gasteiger partial charge in [0.1, 0.15) is 0 Å². The molecule has 1 aliphatic rings. The third-order valence-corrected chi connectivity index (χ3v) is 4.70. The summed E-state index contributed by atoms with van der Waals surface area (Å²) < 4.78 is 40.2. The van der Waals surface area contributed by atoms with Crippen molar-refractivity contribution in [2.45, 2.75) is 39.5 Å². The first kappa shape index (κ1) is 20.3. The van der Waals surface area contributed by atoms with Gasteiger partial charge in [-0.2, -0.15) is 0 Å². The summed E-state index contributed by atoms with van der Waals surface area (Å²) in [5.74, 6) is -5.17. The molecule has 0 unspecified atom stereocenters. The van der Waals surface area contributed by atoms with Gasteiger partial charge in [-0.3, -0.25) is 9.59 Å². The number of halogens is 3. The fourth-order valence-corrected chi connectivity index (χ4v) is 3.32. The lowest BCUT2D eigenvalue weighted by Crippen LogP contribution is -2.45. The van der Waals surface area contributed by atoms with Gasteiger partial charge >= 0.3 is 0 Å². The van der Waals surface area contributed by atoms with Crippen LogP contribution >= 0.6 is 0 Å². The van der Waals surface area contributed by atoms with Crippen molar-refractivity contribution in [3.05, 3.63) is 35.1 Å². The maximum Gasteiger partial charge on any atom is 0.256 e. The van der Waals surface area contributed by atoms with Crippen LogP contribution in [0.2, 0.25) is 0 Å². The van der Waals surface area contributed by atoms with E-state index in [1.807, 2.05) is 18.7 Å². The van der Waals surface area contributed by atoms with E-state index in [0.717, 1.165) is 25.0 Å². The van der Waals surface area contributed by atoms with Crippen LogP contribution in [0.25, 0.3) is 0 Å². The van der Waals surface area contributed by atoms with Gasteiger partial charge in [-0.25, -0.2) is 13.2 Å². The molecule has 0 atom stereocenters. The van der Waals surface area contributed by atoms with Crippen molar-refractivity contribution < 1.29 is 22.8 Å². The van der Waals surface area contributed by atoms with Crippen LogP contribution < -0.4 is 0 Å². The Bertz CT molecular complexity index is 652. The Balaban J connectivity index is 2.00. The van der Waals surface area contributed by atoms with E-state index in [1.54, 1.807) is 0 Å². The normalized spacial score (nSPS) is 15.2. The molecule has 2 amide bonds. The zero-order chi connectivity index (χ0) is 19.3. The van der Waals surface area contributed by atoms with Crippen LogP contribution in [0.1, 0.15) is 49.9 Å². The Morgan fingerprint density at radius 3 is 2.15 bits per heavy atom. The van der Waals surface area contributed by atoms with Crippen LogP contribution in [0.3, 0.4) is 0 Å². The molecular weight excluding hydrogens is 345 g/mol. The summed E-state index contributed by atoms with van der Waals surface area (Å²) in [7, 11) is 0. The SMILES string of the molecule is CCCN(CCC)C(=O)C1CCN(C(=O)c2ccc(F)c(F)c2F)CC1. The molecular formula is C19H25F3N2O2. The number of hydrogen-bond acceptors (Lipinski definition) is 2. The number of piperidine rings is 1. The van der Waals surface area contributed by atoms with Gasteiger partial charge in [0.05, 0.1) is 5.56 Å². The van der Waals surface area contributed by atoms with E-state index in [2.05, 4.69) is 0 Å². The highest BCUT2D eigenvalue weighted by Gasteiger charge is 2.31. The Morgan fingerprint density at radius 1 is 1.04 bits per heavy atom. The number of likely N-dealkylation sites (tertiary alicyclic amines) is 1. The Kier molecular flexibility index (Phi) is 7.06. The fraction of sp³-hybridized carbons (Fsp3) is 0.579. The minimum absolute atomic E-state index is 0.0970. The number of amides is 2. The molecule has 0 radical (unpaired) electrons. The van der Waals surface area contributed by atoms with Crippen molar-refractivity contribution in [2.75, 3.05) is 26.2 Å². The molecule has 1 fully saturated rings. The van der Waals surface area contributed by atoms with E-state index < -0.39 is 28.9 Å². The summed E-state index contributed by atoms with van der Waals surface area (Å²) in [4.78, 5) is 28.3. The highest BCUT2D eigenvalue weighted by atomic mass is 19.2. The van der Waals surface area contributed by atoms with Crippen molar-refractivity contribution in [2.24, 2.45) is 5.92 Å². The molecule has 1 saturated heterocycles. The maximum atomic E-state index is 13.8. The monoisotopic (exact) mass is 370 g/mol. The first-order valence-electron chi connectivity index (χ1n) is 9.12. The molecule has 26 heavy (non-hydrogen) atoms. The fourth-order valence-electron chi connectivity index (χ4n) is 3.32. The van der Waals surface area contributed by atoms with E-state index >= 15 is 0 Å². The summed E-state index contributed by atoms with van der Waals surface area (Å²) >= 11 is 0. The van der Waals surface area contributed by atoms with Gasteiger partial charge in [0.2, 0.25) is 5.91 Å². The van der Waals surface area contributed by atoms with Gasteiger partial charge < -0.3 is 9.80 Å². The molecule has 0 saturated carbocycles. The second-order valence-corrected chi connectivity index (χ2v) is 6.61. The maximum absolute atomic E-state index is 13.8. The van der Waals surface area contributed by atoms with Crippen LogP contribution in [0.15, 0.2) is 12.1 Å². The Hall–Kier alpha value is -2.05. The Labute approximate surface area is 152 Å². The van der Waals surface area contributed by atoms with Gasteiger partial charge in [0.15, 0.2) is 17.5 Å². The van der Waals surface area contributed by atoms with Crippen LogP contribution in [-0.4, -0.2) is 47.8 Å². The predicted molar refractivity (Wildman–Crippen MR) is 92.1 cm³/mol. The van der Waals surface area contributed by atoms with Gasteiger partial charge in [-0.15, -0.1) is 0 Å². The summed E-state index contributed by atoms with van der Waals surface area (Å²) in [5, 5.41) is 0. The summed E-state index contributed by atoms with van der Waals surface area (Å²) in [6.07, 6.45) is 2.75. The topological polar surface area (TPSA) is 40.6 Å². The number of carbonyl (C=O) groups is 2. The quantitative estimate of drug-likeness (QED) is 0.718. The summed E-state index contributed by atoms with van der Waals surface area (Å²) in [6.45, 7) is 6.05. The van der Waals surface area contributed by atoms with Crippen molar-refractivity contribution in [3.63, 3.8) is 0 Å². The average molecular weight is 370 g/mol. The van der Waals surface area contributed by atoms with Gasteiger partial charge in [0, 0.05) is 32.1 Å². The van der Waals surface area contributed by atoms with Crippen molar-refractivity contribution in [3.8, 4) is 0 Å². The smallest absolute Gasteiger partial charge is 0.256 e. The number of nitrogens with zero attached hydrogens (tertiary/aromatic N) is 2. The molecule has 7 heteroatoms. The Morgan fingerprint density at radius 2 is 1.62 bits per heavy atom. The molecule has 0 aromatic heterocycles. The predicted octanol–water partition coefficient (Wildman–Crippen LogP) is 3.60. The zero-order valence-electron chi connectivity index (χ0n) is 15.2. The second-order valence-electron chi connectivity index (χ2n) is 6.61. The van der Waals surface area contributed by atoms with Crippen molar-refractivity contribution in [1.82, 2.24) is 9.80 Å². The highest BCUT2D eigenvalue weighted by Crippen LogP contribution is 2.23. The number of benzene rings is 1. The average Bonchev–Trinajstić information content (AvgIpc) is 2.65. The minimum Gasteiger partial charge on any atom is -0.342 e. The van der Waals surface area contributed by atoms with E-state index in [9.17, 15) is 22.8 Å². The first-order valence-corrected chi connectivity index (χ1v) is 9.12. The van der Waals surface area contributed by atoms with E-state index in [-0.39, 0.29) is 11.8 Å². The van der Waals surface area contributed by atoms with Crippen molar-refractivity contribution in [1.29, 1.82) is 0 Å². The van der Waals surface area contributed by atoms with E-state index in [1.165, 1.54) is 4.90 Å². The molecule has 1 aliphatic heterocycles. The molecule has 4 nitrogen and oxygen atoms in total. The van der Waals surface area contributed by atoms with Gasteiger partial charge in [-0.05, 0) is 37.8 Å². The molecule has 144 valence electrons. The lowest BCUT2D eigenvalue weighted by atomic mass is 9.94. The molecule has 0 spiro atoms. The van der Waals surface area contributed by atoms with Crippen LogP contribution in [0.5, 0.6) is 0 Å². The third-order valence-electron chi connectivity index (χ3n) is 4.70. The summed E-state index contributed by atoms with van der Waals surface area (Å²) in [5.41, 5.74) is -0.479. The van der Waals surface area contributed by atoms with Gasteiger partial charge in [-0.1, -0.05) is 13.8 Å². The number of rotatable bonds is 6. The largest absolute Gasteiger partial charge is 0.342 e. The second kappa shape index (κ2) is 9.05. The number of carbonyl (C=O) groups excluding carboxylic acids is 2. The molecule has 2 rings (SSSR count). The minimum atomic E-state index is -1.64. The molecule has 1 aromatic rings. The van der Waals surface area contributed by atoms with Crippen LogP contribution in [-0.2, 0) is 4.79 Å². The molecule has 1 heterocycles. The van der Waals surface area contributed by atoms with Crippen LogP contribution in [0.4, 0.5) is 13.2 Å². The lowest BCUT2D eigenvalue weighted by Gasteiger charge is -2.34. The lowest BCUT2D eigenvalue weighted by molar-refractivity contribution is -0.137. The van der Waals surface area contributed by atoms with Gasteiger partial charge in [0.25, 0.3) is 5.91 Å². The first-order chi connectivity index (χ1) is 12.4. The van der Waals surface area contributed by atoms with Crippen LogP contribution in [0, 0.1) is 23.4 Å². The summed E-state index contributed by atoms with van der Waals surface area (Å²) in [6, 6.07) is 1.70. The molecule has 1 aromatic carbocycles. The van der Waals surface area contributed by atoms with E-state index in [0.29, 0.717) is 39.0 Å². The van der Waals surface area contributed by atoms with E-state index in [4.69, 9.17) is 0 Å². The highest BCUT2D eigenvalue weighted by molar-refractivity contribution is 5.94.